The molecule has 2 aliphatic rings. The maximum Gasteiger partial charge on any atom is 0.221 e. The Hall–Kier alpha value is -3.49. The number of amides is 1. The summed E-state index contributed by atoms with van der Waals surface area (Å²) in [5, 5.41) is 9.88. The Morgan fingerprint density at radius 3 is 2.61 bits per heavy atom. The number of hydrogen-bond donors (Lipinski definition) is 1. The molecule has 1 unspecified atom stereocenters. The summed E-state index contributed by atoms with van der Waals surface area (Å²) in [4.78, 5) is 23.5. The quantitative estimate of drug-likeness (QED) is 0.426. The molecule has 3 heterocycles. The van der Waals surface area contributed by atoms with Crippen LogP contribution in [0.25, 0.3) is 0 Å². The second kappa shape index (κ2) is 11.5. The molecule has 200 valence electrons. The van der Waals surface area contributed by atoms with Gasteiger partial charge in [-0.25, -0.2) is 4.98 Å². The van der Waals surface area contributed by atoms with Gasteiger partial charge in [-0.3, -0.25) is 9.78 Å². The van der Waals surface area contributed by atoms with Gasteiger partial charge in [0.1, 0.15) is 12.4 Å². The van der Waals surface area contributed by atoms with Gasteiger partial charge < -0.3 is 24.2 Å². The second-order valence-electron chi connectivity index (χ2n) is 10.3. The number of methoxy groups -OCH3 is 1. The van der Waals surface area contributed by atoms with Gasteiger partial charge in [0.25, 0.3) is 0 Å². The molecule has 8 nitrogen and oxygen atoms in total. The van der Waals surface area contributed by atoms with E-state index in [9.17, 15) is 9.90 Å². The minimum absolute atomic E-state index is 0.00276. The summed E-state index contributed by atoms with van der Waals surface area (Å²) >= 11 is 0. The predicted octanol–water partition coefficient (Wildman–Crippen LogP) is 4.39. The normalized spacial score (nSPS) is 17.9. The van der Waals surface area contributed by atoms with E-state index < -0.39 is 6.23 Å². The highest BCUT2D eigenvalue weighted by molar-refractivity contribution is 5.74. The fourth-order valence-corrected chi connectivity index (χ4v) is 4.96. The van der Waals surface area contributed by atoms with Crippen molar-refractivity contribution in [1.82, 2.24) is 14.9 Å². The Morgan fingerprint density at radius 1 is 1.11 bits per heavy atom. The minimum Gasteiger partial charge on any atom is -0.487 e. The van der Waals surface area contributed by atoms with Crippen LogP contribution in [0.3, 0.4) is 0 Å². The number of aliphatic hydroxyl groups is 1. The number of hydrogen-bond acceptors (Lipinski definition) is 7. The molecular formula is C30H35N3O5. The lowest BCUT2D eigenvalue weighted by Gasteiger charge is -2.39. The first-order valence-electron chi connectivity index (χ1n) is 13.2. The molecule has 0 bridgehead atoms. The van der Waals surface area contributed by atoms with Crippen molar-refractivity contribution in [2.75, 3.05) is 20.3 Å². The van der Waals surface area contributed by atoms with Crippen molar-refractivity contribution in [3.8, 4) is 11.6 Å². The highest BCUT2D eigenvalue weighted by Gasteiger charge is 2.50. The molecule has 0 radical (unpaired) electrons. The molecule has 1 amide bonds. The van der Waals surface area contributed by atoms with Crippen molar-refractivity contribution in [2.45, 2.75) is 58.5 Å². The number of carbonyl (C=O) groups excluding carboxylic acids is 1. The van der Waals surface area contributed by atoms with Gasteiger partial charge in [-0.2, -0.15) is 0 Å². The zero-order valence-electron chi connectivity index (χ0n) is 22.1. The molecule has 1 aliphatic heterocycles. The molecule has 1 saturated carbocycles. The highest BCUT2D eigenvalue weighted by Crippen LogP contribution is 2.51. The summed E-state index contributed by atoms with van der Waals surface area (Å²) in [5.41, 5.74) is 4.32. The first-order valence-corrected chi connectivity index (χ1v) is 13.2. The molecule has 5 rings (SSSR count). The molecule has 1 spiro atoms. The smallest absolute Gasteiger partial charge is 0.221 e. The van der Waals surface area contributed by atoms with Gasteiger partial charge in [0.15, 0.2) is 6.23 Å². The third-order valence-corrected chi connectivity index (χ3v) is 7.30. The van der Waals surface area contributed by atoms with Crippen LogP contribution in [0.2, 0.25) is 0 Å². The number of ether oxygens (including phenoxy) is 3. The number of aliphatic hydroxyl groups excluding tert-OH is 1. The third-order valence-electron chi connectivity index (χ3n) is 7.30. The molecule has 1 aromatic carbocycles. The van der Waals surface area contributed by atoms with Gasteiger partial charge in [0.2, 0.25) is 11.8 Å². The van der Waals surface area contributed by atoms with Crippen molar-refractivity contribution in [2.24, 2.45) is 5.41 Å². The summed E-state index contributed by atoms with van der Waals surface area (Å²) in [5.74, 6) is 1.27. The second-order valence-corrected chi connectivity index (χ2v) is 10.3. The van der Waals surface area contributed by atoms with E-state index in [-0.39, 0.29) is 17.9 Å². The van der Waals surface area contributed by atoms with Crippen LogP contribution in [-0.4, -0.2) is 46.1 Å². The number of benzene rings is 1. The van der Waals surface area contributed by atoms with Crippen LogP contribution in [0.1, 0.15) is 60.6 Å². The van der Waals surface area contributed by atoms with Gasteiger partial charge in [0, 0.05) is 36.2 Å². The number of pyridine rings is 2. The molecule has 3 aromatic rings. The fourth-order valence-electron chi connectivity index (χ4n) is 4.96. The maximum atomic E-state index is 12.4. The molecule has 1 saturated heterocycles. The Kier molecular flexibility index (Phi) is 7.90. The van der Waals surface area contributed by atoms with Gasteiger partial charge >= 0.3 is 0 Å². The largest absolute Gasteiger partial charge is 0.487 e. The number of aromatic nitrogens is 2. The van der Waals surface area contributed by atoms with Crippen molar-refractivity contribution >= 4 is 5.91 Å². The van der Waals surface area contributed by atoms with E-state index in [4.69, 9.17) is 14.2 Å². The minimum atomic E-state index is -0.455. The van der Waals surface area contributed by atoms with Crippen molar-refractivity contribution in [3.63, 3.8) is 0 Å². The first-order chi connectivity index (χ1) is 18.5. The highest BCUT2D eigenvalue weighted by atomic mass is 16.5. The summed E-state index contributed by atoms with van der Waals surface area (Å²) in [6, 6.07) is 17.6. The molecule has 8 heteroatoms. The average Bonchev–Trinajstić information content (AvgIpc) is 3.70. The van der Waals surface area contributed by atoms with E-state index in [2.05, 4.69) is 9.97 Å². The summed E-state index contributed by atoms with van der Waals surface area (Å²) in [6.07, 6.45) is 3.86. The number of nitrogens with zero attached hydrogens (tertiary/aromatic N) is 3. The Bertz CT molecular complexity index is 1260. The molecule has 1 N–H and O–H groups in total. The summed E-state index contributed by atoms with van der Waals surface area (Å²) in [7, 11) is 1.60. The summed E-state index contributed by atoms with van der Waals surface area (Å²) < 4.78 is 17.6. The van der Waals surface area contributed by atoms with Gasteiger partial charge in [-0.15, -0.1) is 0 Å². The van der Waals surface area contributed by atoms with E-state index in [1.807, 2.05) is 53.4 Å². The lowest BCUT2D eigenvalue weighted by Crippen LogP contribution is -2.45. The SMILES string of the molecule is COc1ccc(OCc2ccccc2)c(CCCc2cc(C3OCC4(CC4)CN3C(C)=O)cc(CO)n2)n1. The lowest BCUT2D eigenvalue weighted by atomic mass is 10.0. The maximum absolute atomic E-state index is 12.4. The standard InChI is InChI=1S/C30H35N3O5/c1-21(35)33-19-30(13-14-30)20-38-29(33)23-15-24(31-25(16-23)17-34)9-6-10-26-27(11-12-28(32-26)36-2)37-18-22-7-4-3-5-8-22/h3-5,7-8,11-12,15-16,29,34H,6,9-10,13-14,17-20H2,1-2H3. The van der Waals surface area contributed by atoms with E-state index in [1.54, 1.807) is 20.1 Å². The van der Waals surface area contributed by atoms with Crippen molar-refractivity contribution in [3.05, 3.63) is 82.8 Å². The van der Waals surface area contributed by atoms with Crippen LogP contribution >= 0.6 is 0 Å². The Balaban J connectivity index is 1.28. The zero-order chi connectivity index (χ0) is 26.5. The first kappa shape index (κ1) is 26.1. The van der Waals surface area contributed by atoms with Crippen molar-refractivity contribution in [1.29, 1.82) is 0 Å². The van der Waals surface area contributed by atoms with Crippen LogP contribution in [0.4, 0.5) is 0 Å². The number of carbonyl (C=O) groups is 1. The van der Waals surface area contributed by atoms with E-state index in [0.29, 0.717) is 44.2 Å². The topological polar surface area (TPSA) is 94.0 Å². The summed E-state index contributed by atoms with van der Waals surface area (Å²) in [6.45, 7) is 3.24. The van der Waals surface area contributed by atoms with E-state index in [0.717, 1.165) is 47.5 Å². The van der Waals surface area contributed by atoms with Crippen LogP contribution < -0.4 is 9.47 Å². The van der Waals surface area contributed by atoms with Gasteiger partial charge in [-0.05, 0) is 55.9 Å². The number of rotatable bonds is 10. The Labute approximate surface area is 223 Å². The van der Waals surface area contributed by atoms with Crippen LogP contribution in [-0.2, 0) is 35.6 Å². The Morgan fingerprint density at radius 2 is 1.89 bits per heavy atom. The van der Waals surface area contributed by atoms with Crippen LogP contribution in [0.5, 0.6) is 11.6 Å². The predicted molar refractivity (Wildman–Crippen MR) is 141 cm³/mol. The van der Waals surface area contributed by atoms with Crippen LogP contribution in [0, 0.1) is 5.41 Å². The molecule has 38 heavy (non-hydrogen) atoms. The van der Waals surface area contributed by atoms with Gasteiger partial charge in [0.05, 0.1) is 31.7 Å². The molecular weight excluding hydrogens is 482 g/mol. The lowest BCUT2D eigenvalue weighted by molar-refractivity contribution is -0.164. The molecule has 1 aliphatic carbocycles. The molecule has 2 fully saturated rings. The fraction of sp³-hybridized carbons (Fsp3) is 0.433. The zero-order valence-corrected chi connectivity index (χ0v) is 22.1. The van der Waals surface area contributed by atoms with E-state index >= 15 is 0 Å². The average molecular weight is 518 g/mol. The monoisotopic (exact) mass is 517 g/mol. The van der Waals surface area contributed by atoms with Crippen molar-refractivity contribution < 1.29 is 24.1 Å². The number of aryl methyl sites for hydroxylation is 2. The van der Waals surface area contributed by atoms with E-state index in [1.165, 1.54) is 0 Å². The third kappa shape index (κ3) is 6.14. The van der Waals surface area contributed by atoms with Gasteiger partial charge in [-0.1, -0.05) is 30.3 Å². The molecule has 2 aromatic heterocycles. The molecule has 1 atom stereocenters. The van der Waals surface area contributed by atoms with Crippen LogP contribution in [0.15, 0.2) is 54.6 Å².